The predicted molar refractivity (Wildman–Crippen MR) is 116 cm³/mol. The van der Waals surface area contributed by atoms with Crippen LogP contribution in [0.25, 0.3) is 22.2 Å². The normalized spacial score (nSPS) is 15.6. The fourth-order valence-electron chi connectivity index (χ4n) is 3.90. The van der Waals surface area contributed by atoms with Gasteiger partial charge in [-0.25, -0.2) is 14.2 Å². The maximum absolute atomic E-state index is 14.4. The minimum atomic E-state index is -0.485. The van der Waals surface area contributed by atoms with Crippen molar-refractivity contribution >= 4 is 17.1 Å². The van der Waals surface area contributed by atoms with Crippen LogP contribution in [0, 0.1) is 12.7 Å². The zero-order valence-electron chi connectivity index (χ0n) is 18.0. The molecule has 0 bridgehead atoms. The molecule has 1 N–H and O–H groups in total. The average Bonchev–Trinajstić information content (AvgIpc) is 3.10. The predicted octanol–water partition coefficient (Wildman–Crippen LogP) is 5.79. The summed E-state index contributed by atoms with van der Waals surface area (Å²) in [6.07, 6.45) is 1.41. The topological polar surface area (TPSA) is 58.2 Å². The molecule has 5 nitrogen and oxygen atoms in total. The Morgan fingerprint density at radius 3 is 2.57 bits per heavy atom. The lowest BCUT2D eigenvalue weighted by Crippen LogP contribution is -2.41. The van der Waals surface area contributed by atoms with E-state index in [1.54, 1.807) is 11.0 Å². The number of fused-ring (bicyclic) bond motifs is 1. The number of likely N-dealkylation sites (tertiary alicyclic amines) is 1. The van der Waals surface area contributed by atoms with Crippen molar-refractivity contribution in [3.63, 3.8) is 0 Å². The van der Waals surface area contributed by atoms with E-state index in [-0.39, 0.29) is 17.8 Å². The van der Waals surface area contributed by atoms with Gasteiger partial charge in [0.05, 0.1) is 11.0 Å². The van der Waals surface area contributed by atoms with Crippen molar-refractivity contribution in [2.75, 3.05) is 13.1 Å². The van der Waals surface area contributed by atoms with Crippen molar-refractivity contribution in [1.29, 1.82) is 0 Å². The number of halogens is 1. The zero-order valence-corrected chi connectivity index (χ0v) is 18.0. The minimum absolute atomic E-state index is 0.223. The number of aromatic nitrogens is 2. The quantitative estimate of drug-likeness (QED) is 0.583. The monoisotopic (exact) mass is 409 g/mol. The van der Waals surface area contributed by atoms with Crippen molar-refractivity contribution in [2.24, 2.45) is 0 Å². The highest BCUT2D eigenvalue weighted by Gasteiger charge is 2.28. The van der Waals surface area contributed by atoms with Crippen LogP contribution in [0.4, 0.5) is 9.18 Å². The summed E-state index contributed by atoms with van der Waals surface area (Å²) in [7, 11) is 0. The molecule has 0 aliphatic carbocycles. The molecule has 4 rings (SSSR count). The van der Waals surface area contributed by atoms with Gasteiger partial charge >= 0.3 is 6.09 Å². The van der Waals surface area contributed by atoms with Gasteiger partial charge in [0, 0.05) is 24.6 Å². The minimum Gasteiger partial charge on any atom is -0.444 e. The molecular formula is C24H28FN3O2. The van der Waals surface area contributed by atoms with Crippen LogP contribution < -0.4 is 0 Å². The molecule has 1 saturated heterocycles. The van der Waals surface area contributed by atoms with E-state index in [1.807, 2.05) is 58.0 Å². The largest absolute Gasteiger partial charge is 0.444 e. The molecule has 1 aliphatic rings. The number of benzene rings is 2. The van der Waals surface area contributed by atoms with Gasteiger partial charge in [-0.2, -0.15) is 0 Å². The van der Waals surface area contributed by atoms with Crippen molar-refractivity contribution in [2.45, 2.75) is 52.1 Å². The first kappa shape index (κ1) is 20.4. The van der Waals surface area contributed by atoms with Crippen LogP contribution in [0.3, 0.4) is 0 Å². The molecule has 0 spiro atoms. The number of hydrogen-bond donors (Lipinski definition) is 1. The van der Waals surface area contributed by atoms with E-state index in [0.717, 1.165) is 40.8 Å². The van der Waals surface area contributed by atoms with Crippen LogP contribution in [0.2, 0.25) is 0 Å². The lowest BCUT2D eigenvalue weighted by atomic mass is 9.96. The van der Waals surface area contributed by atoms with Gasteiger partial charge in [0.1, 0.15) is 17.2 Å². The zero-order chi connectivity index (χ0) is 21.5. The van der Waals surface area contributed by atoms with E-state index in [9.17, 15) is 9.18 Å². The number of aromatic amines is 1. The first-order chi connectivity index (χ1) is 14.2. The van der Waals surface area contributed by atoms with Crippen molar-refractivity contribution < 1.29 is 13.9 Å². The third-order valence-corrected chi connectivity index (χ3v) is 5.47. The van der Waals surface area contributed by atoms with Crippen molar-refractivity contribution in [3.05, 3.63) is 53.6 Å². The average molecular weight is 410 g/mol. The summed E-state index contributed by atoms with van der Waals surface area (Å²) < 4.78 is 19.8. The molecule has 0 saturated carbocycles. The second kappa shape index (κ2) is 7.74. The molecule has 0 atom stereocenters. The van der Waals surface area contributed by atoms with Crippen LogP contribution in [0.15, 0.2) is 36.4 Å². The van der Waals surface area contributed by atoms with Gasteiger partial charge in [-0.15, -0.1) is 0 Å². The highest BCUT2D eigenvalue weighted by Crippen LogP contribution is 2.31. The Bertz CT molecular complexity index is 1080. The molecule has 2 aromatic carbocycles. The number of rotatable bonds is 2. The van der Waals surface area contributed by atoms with Crippen molar-refractivity contribution in [3.8, 4) is 11.1 Å². The summed E-state index contributed by atoms with van der Waals surface area (Å²) >= 11 is 0. The summed E-state index contributed by atoms with van der Waals surface area (Å²) in [6.45, 7) is 8.81. The third-order valence-electron chi connectivity index (χ3n) is 5.47. The summed E-state index contributed by atoms with van der Waals surface area (Å²) in [5.41, 5.74) is 3.59. The van der Waals surface area contributed by atoms with E-state index in [1.165, 1.54) is 0 Å². The smallest absolute Gasteiger partial charge is 0.410 e. The van der Waals surface area contributed by atoms with Gasteiger partial charge in [-0.3, -0.25) is 0 Å². The number of amides is 1. The van der Waals surface area contributed by atoms with Gasteiger partial charge < -0.3 is 14.6 Å². The number of hydrogen-bond acceptors (Lipinski definition) is 3. The Hall–Kier alpha value is -2.89. The number of piperidine rings is 1. The fourth-order valence-corrected chi connectivity index (χ4v) is 3.90. The SMILES string of the molecule is Cc1ccc(-c2ccc3[nH]c(C4CCN(C(=O)OC(C)(C)C)CC4)nc3c2)c(F)c1. The summed E-state index contributed by atoms with van der Waals surface area (Å²) in [5.74, 6) is 0.964. The molecule has 158 valence electrons. The maximum atomic E-state index is 14.4. The number of ether oxygens (including phenoxy) is 1. The van der Waals surface area contributed by atoms with Gasteiger partial charge in [0.25, 0.3) is 0 Å². The molecule has 1 aliphatic heterocycles. The molecule has 1 aromatic heterocycles. The molecule has 30 heavy (non-hydrogen) atoms. The second-order valence-electron chi connectivity index (χ2n) is 9.08. The first-order valence-electron chi connectivity index (χ1n) is 10.4. The van der Waals surface area contributed by atoms with E-state index in [0.29, 0.717) is 18.7 Å². The lowest BCUT2D eigenvalue weighted by molar-refractivity contribution is 0.0203. The van der Waals surface area contributed by atoms with Gasteiger partial charge in [-0.1, -0.05) is 18.2 Å². The number of imidazole rings is 1. The van der Waals surface area contributed by atoms with Crippen LogP contribution >= 0.6 is 0 Å². The van der Waals surface area contributed by atoms with Gasteiger partial charge in [0.15, 0.2) is 0 Å². The summed E-state index contributed by atoms with van der Waals surface area (Å²) in [6, 6.07) is 11.1. The molecular weight excluding hydrogens is 381 g/mol. The number of H-pyrrole nitrogens is 1. The number of aryl methyl sites for hydroxylation is 1. The summed E-state index contributed by atoms with van der Waals surface area (Å²) in [4.78, 5) is 22.2. The number of carbonyl (C=O) groups is 1. The first-order valence-corrected chi connectivity index (χ1v) is 10.4. The van der Waals surface area contributed by atoms with E-state index >= 15 is 0 Å². The molecule has 2 heterocycles. The number of carbonyl (C=O) groups excluding carboxylic acids is 1. The molecule has 6 heteroatoms. The third kappa shape index (κ3) is 4.32. The Morgan fingerprint density at radius 2 is 1.90 bits per heavy atom. The van der Waals surface area contributed by atoms with Crippen LogP contribution in [-0.4, -0.2) is 39.7 Å². The maximum Gasteiger partial charge on any atom is 0.410 e. The van der Waals surface area contributed by atoms with Gasteiger partial charge in [0.2, 0.25) is 0 Å². The molecule has 0 radical (unpaired) electrons. The second-order valence-corrected chi connectivity index (χ2v) is 9.08. The molecule has 0 unspecified atom stereocenters. The Balaban J connectivity index is 1.49. The number of nitrogens with zero attached hydrogens (tertiary/aromatic N) is 2. The summed E-state index contributed by atoms with van der Waals surface area (Å²) in [5, 5.41) is 0. The van der Waals surface area contributed by atoms with Crippen LogP contribution in [0.5, 0.6) is 0 Å². The standard InChI is InChI=1S/C24H28FN3O2/c1-15-5-7-18(19(25)13-15)17-6-8-20-21(14-17)27-22(26-20)16-9-11-28(12-10-16)23(29)30-24(2,3)4/h5-8,13-14,16H,9-12H2,1-4H3,(H,26,27). The lowest BCUT2D eigenvalue weighted by Gasteiger charge is -2.32. The number of nitrogens with one attached hydrogen (secondary N) is 1. The fraction of sp³-hybridized carbons (Fsp3) is 0.417. The highest BCUT2D eigenvalue weighted by atomic mass is 19.1. The molecule has 3 aromatic rings. The van der Waals surface area contributed by atoms with Crippen LogP contribution in [0.1, 0.15) is 50.9 Å². The highest BCUT2D eigenvalue weighted by molar-refractivity contribution is 5.82. The Labute approximate surface area is 176 Å². The van der Waals surface area contributed by atoms with E-state index in [4.69, 9.17) is 9.72 Å². The molecule has 1 fully saturated rings. The van der Waals surface area contributed by atoms with Crippen LogP contribution in [-0.2, 0) is 4.74 Å². The van der Waals surface area contributed by atoms with E-state index < -0.39 is 5.60 Å². The van der Waals surface area contributed by atoms with E-state index in [2.05, 4.69) is 4.98 Å². The van der Waals surface area contributed by atoms with Crippen molar-refractivity contribution in [1.82, 2.24) is 14.9 Å². The van der Waals surface area contributed by atoms with Gasteiger partial charge in [-0.05, 0) is 69.9 Å². The Morgan fingerprint density at radius 1 is 1.17 bits per heavy atom. The Kier molecular flexibility index (Phi) is 5.26. The molecule has 1 amide bonds.